The minimum atomic E-state index is -0.499. The lowest BCUT2D eigenvalue weighted by molar-refractivity contribution is 0.308. The van der Waals surface area contributed by atoms with Crippen LogP contribution in [0.5, 0.6) is 5.75 Å². The lowest BCUT2D eigenvalue weighted by Gasteiger charge is -2.11. The smallest absolute Gasteiger partial charge is 0.332 e. The zero-order valence-corrected chi connectivity index (χ0v) is 17.0. The van der Waals surface area contributed by atoms with E-state index in [9.17, 15) is 9.59 Å². The van der Waals surface area contributed by atoms with Crippen molar-refractivity contribution < 1.29 is 4.74 Å². The standard InChI is InChI=1S/C19H25N7O3/c1-24(2)11-9-20-10-12-29-14-7-5-13(6-8-14)16-21-15-17(23-22-16)25(3)19(28)26(4)18(15)27/h5-8,20H,9-12H2,1-4H3. The molecule has 0 saturated carbocycles. The molecule has 0 fully saturated rings. The van der Waals surface area contributed by atoms with Crippen molar-refractivity contribution in [3.05, 3.63) is 45.1 Å². The highest BCUT2D eigenvalue weighted by Gasteiger charge is 2.13. The number of likely N-dealkylation sites (N-methyl/N-ethyl adjacent to an activating group) is 1. The van der Waals surface area contributed by atoms with Crippen molar-refractivity contribution in [2.75, 3.05) is 40.3 Å². The molecule has 10 nitrogen and oxygen atoms in total. The van der Waals surface area contributed by atoms with E-state index in [0.717, 1.165) is 30.0 Å². The van der Waals surface area contributed by atoms with E-state index in [0.29, 0.717) is 18.0 Å². The Morgan fingerprint density at radius 1 is 1.03 bits per heavy atom. The van der Waals surface area contributed by atoms with Gasteiger partial charge in [-0.25, -0.2) is 9.78 Å². The Bertz CT molecular complexity index is 1100. The quantitative estimate of drug-likeness (QED) is 0.511. The molecule has 29 heavy (non-hydrogen) atoms. The summed E-state index contributed by atoms with van der Waals surface area (Å²) in [7, 11) is 7.01. The third-order valence-electron chi connectivity index (χ3n) is 4.46. The summed E-state index contributed by atoms with van der Waals surface area (Å²) in [5.74, 6) is 1.04. The van der Waals surface area contributed by atoms with E-state index < -0.39 is 11.2 Å². The molecule has 0 bridgehead atoms. The Kier molecular flexibility index (Phi) is 6.35. The van der Waals surface area contributed by atoms with Crippen molar-refractivity contribution in [3.63, 3.8) is 0 Å². The molecule has 0 amide bonds. The van der Waals surface area contributed by atoms with E-state index in [-0.39, 0.29) is 11.2 Å². The number of benzene rings is 1. The van der Waals surface area contributed by atoms with E-state index in [1.807, 2.05) is 38.4 Å². The molecule has 0 spiro atoms. The molecular weight excluding hydrogens is 374 g/mol. The molecule has 0 atom stereocenters. The molecule has 10 heteroatoms. The van der Waals surface area contributed by atoms with Crippen molar-refractivity contribution in [3.8, 4) is 17.1 Å². The average Bonchev–Trinajstić information content (AvgIpc) is 2.73. The fourth-order valence-corrected chi connectivity index (χ4v) is 2.74. The van der Waals surface area contributed by atoms with Crippen LogP contribution < -0.4 is 21.3 Å². The van der Waals surface area contributed by atoms with Crippen LogP contribution in [-0.4, -0.2) is 69.6 Å². The van der Waals surface area contributed by atoms with Crippen LogP contribution in [0, 0.1) is 0 Å². The van der Waals surface area contributed by atoms with Gasteiger partial charge in [-0.1, -0.05) is 0 Å². The van der Waals surface area contributed by atoms with Gasteiger partial charge in [0.05, 0.1) is 0 Å². The van der Waals surface area contributed by atoms with Gasteiger partial charge in [-0.05, 0) is 38.4 Å². The first-order chi connectivity index (χ1) is 13.9. The molecule has 0 radical (unpaired) electrons. The maximum atomic E-state index is 12.4. The van der Waals surface area contributed by atoms with Crippen molar-refractivity contribution in [1.29, 1.82) is 0 Å². The zero-order chi connectivity index (χ0) is 21.0. The van der Waals surface area contributed by atoms with Gasteiger partial charge in [0.2, 0.25) is 0 Å². The van der Waals surface area contributed by atoms with Crippen molar-refractivity contribution in [1.82, 2.24) is 34.5 Å². The molecule has 3 rings (SSSR count). The maximum absolute atomic E-state index is 12.4. The van der Waals surface area contributed by atoms with Gasteiger partial charge in [0.15, 0.2) is 17.0 Å². The Labute approximate surface area is 167 Å². The topological polar surface area (TPSA) is 107 Å². The summed E-state index contributed by atoms with van der Waals surface area (Å²) in [6, 6.07) is 7.26. The van der Waals surface area contributed by atoms with E-state index >= 15 is 0 Å². The van der Waals surface area contributed by atoms with Crippen LogP contribution in [0.4, 0.5) is 0 Å². The maximum Gasteiger partial charge on any atom is 0.332 e. The number of fused-ring (bicyclic) bond motifs is 1. The van der Waals surface area contributed by atoms with Crippen LogP contribution in [0.2, 0.25) is 0 Å². The number of aryl methyl sites for hydroxylation is 1. The predicted molar refractivity (Wildman–Crippen MR) is 110 cm³/mol. The van der Waals surface area contributed by atoms with Crippen LogP contribution in [0.3, 0.4) is 0 Å². The molecular formula is C19H25N7O3. The monoisotopic (exact) mass is 399 g/mol. The summed E-state index contributed by atoms with van der Waals surface area (Å²) >= 11 is 0. The summed E-state index contributed by atoms with van der Waals surface area (Å²) in [6.45, 7) is 3.21. The minimum absolute atomic E-state index is 0.101. The summed E-state index contributed by atoms with van der Waals surface area (Å²) in [5.41, 5.74) is -0.0101. The molecule has 1 aromatic carbocycles. The first kappa shape index (κ1) is 20.6. The Morgan fingerprint density at radius 2 is 1.76 bits per heavy atom. The van der Waals surface area contributed by atoms with Crippen LogP contribution in [0.15, 0.2) is 33.9 Å². The van der Waals surface area contributed by atoms with Gasteiger partial charge in [0, 0.05) is 39.3 Å². The SMILES string of the molecule is CN(C)CCNCCOc1ccc(-c2nnc3c(n2)c(=O)n(C)c(=O)n3C)cc1. The van der Waals surface area contributed by atoms with Gasteiger partial charge in [-0.2, -0.15) is 0 Å². The minimum Gasteiger partial charge on any atom is -0.492 e. The van der Waals surface area contributed by atoms with Crippen LogP contribution in [0.1, 0.15) is 0 Å². The fraction of sp³-hybridized carbons (Fsp3) is 0.421. The number of rotatable bonds is 8. The highest BCUT2D eigenvalue weighted by Crippen LogP contribution is 2.19. The first-order valence-corrected chi connectivity index (χ1v) is 9.27. The third-order valence-corrected chi connectivity index (χ3v) is 4.46. The van der Waals surface area contributed by atoms with Gasteiger partial charge >= 0.3 is 5.69 Å². The predicted octanol–water partition coefficient (Wildman–Crippen LogP) is -0.381. The lowest BCUT2D eigenvalue weighted by atomic mass is 10.2. The van der Waals surface area contributed by atoms with Crippen molar-refractivity contribution in [2.45, 2.75) is 0 Å². The Balaban J connectivity index is 1.71. The Hall–Kier alpha value is -3.11. The number of nitrogens with one attached hydrogen (secondary N) is 1. The number of ether oxygens (including phenoxy) is 1. The van der Waals surface area contributed by atoms with Gasteiger partial charge < -0.3 is 15.0 Å². The molecule has 0 saturated heterocycles. The van der Waals surface area contributed by atoms with Gasteiger partial charge in [0.1, 0.15) is 12.4 Å². The summed E-state index contributed by atoms with van der Waals surface area (Å²) in [5, 5.41) is 11.4. The van der Waals surface area contributed by atoms with Crippen LogP contribution in [-0.2, 0) is 14.1 Å². The van der Waals surface area contributed by atoms with Crippen molar-refractivity contribution in [2.24, 2.45) is 14.1 Å². The molecule has 1 N–H and O–H groups in total. The molecule has 0 aliphatic rings. The van der Waals surface area contributed by atoms with E-state index in [2.05, 4.69) is 25.4 Å². The molecule has 0 unspecified atom stereocenters. The van der Waals surface area contributed by atoms with Gasteiger partial charge in [-0.3, -0.25) is 13.9 Å². The van der Waals surface area contributed by atoms with E-state index in [4.69, 9.17) is 4.74 Å². The Morgan fingerprint density at radius 3 is 2.45 bits per heavy atom. The molecule has 2 heterocycles. The summed E-state index contributed by atoms with van der Waals surface area (Å²) in [4.78, 5) is 30.8. The second kappa shape index (κ2) is 8.93. The number of hydrogen-bond donors (Lipinski definition) is 1. The number of aromatic nitrogens is 5. The summed E-state index contributed by atoms with van der Waals surface area (Å²) < 4.78 is 7.97. The lowest BCUT2D eigenvalue weighted by Crippen LogP contribution is -2.38. The molecule has 0 aliphatic carbocycles. The highest BCUT2D eigenvalue weighted by molar-refractivity contribution is 5.71. The average molecular weight is 399 g/mol. The van der Waals surface area contributed by atoms with Gasteiger partial charge in [0.25, 0.3) is 5.56 Å². The first-order valence-electron chi connectivity index (χ1n) is 9.27. The summed E-state index contributed by atoms with van der Waals surface area (Å²) in [6.07, 6.45) is 0. The number of nitrogens with zero attached hydrogens (tertiary/aromatic N) is 6. The van der Waals surface area contributed by atoms with Crippen LogP contribution in [0.25, 0.3) is 22.6 Å². The fourth-order valence-electron chi connectivity index (χ4n) is 2.74. The second-order valence-electron chi connectivity index (χ2n) is 6.94. The second-order valence-corrected chi connectivity index (χ2v) is 6.94. The highest BCUT2D eigenvalue weighted by atomic mass is 16.5. The third kappa shape index (κ3) is 4.66. The molecule has 0 aliphatic heterocycles. The molecule has 154 valence electrons. The molecule has 2 aromatic heterocycles. The normalized spacial score (nSPS) is 11.3. The largest absolute Gasteiger partial charge is 0.492 e. The number of hydrogen-bond acceptors (Lipinski definition) is 8. The van der Waals surface area contributed by atoms with Crippen molar-refractivity contribution >= 4 is 11.2 Å². The van der Waals surface area contributed by atoms with E-state index in [1.54, 1.807) is 0 Å². The zero-order valence-electron chi connectivity index (χ0n) is 17.0. The molecule has 3 aromatic rings. The van der Waals surface area contributed by atoms with Crippen LogP contribution >= 0.6 is 0 Å². The van der Waals surface area contributed by atoms with E-state index in [1.165, 1.54) is 18.7 Å². The van der Waals surface area contributed by atoms with Gasteiger partial charge in [-0.15, -0.1) is 10.2 Å².